The molecule has 1 aliphatic rings. The van der Waals surface area contributed by atoms with Crippen molar-refractivity contribution >= 4 is 32.5 Å². The van der Waals surface area contributed by atoms with Crippen LogP contribution in [0.1, 0.15) is 25.3 Å². The number of hydrogen-bond donors (Lipinski definition) is 1. The first-order chi connectivity index (χ1) is 10.7. The third kappa shape index (κ3) is 2.71. The van der Waals surface area contributed by atoms with Gasteiger partial charge in [0.1, 0.15) is 5.52 Å². The molecule has 1 unspecified atom stereocenters. The van der Waals surface area contributed by atoms with Crippen LogP contribution in [-0.2, 0) is 6.54 Å². The molecule has 0 bridgehead atoms. The van der Waals surface area contributed by atoms with Crippen molar-refractivity contribution in [1.29, 1.82) is 0 Å². The van der Waals surface area contributed by atoms with Crippen molar-refractivity contribution in [3.05, 3.63) is 28.2 Å². The van der Waals surface area contributed by atoms with Gasteiger partial charge in [0.15, 0.2) is 0 Å². The van der Waals surface area contributed by atoms with Gasteiger partial charge in [0.25, 0.3) is 0 Å². The van der Waals surface area contributed by atoms with Gasteiger partial charge < -0.3 is 5.11 Å². The first-order valence-electron chi connectivity index (χ1n) is 7.68. The molecule has 6 heteroatoms. The summed E-state index contributed by atoms with van der Waals surface area (Å²) in [6.07, 6.45) is 4.13. The van der Waals surface area contributed by atoms with Gasteiger partial charge in [0.05, 0.1) is 16.6 Å². The highest BCUT2D eigenvalue weighted by atomic mass is 79.9. The standard InChI is InChI=1S/C16H21BrN4O/c1-3-8-21-14-7-6-13(15(17)16(14)18-19-21)11-4-5-12(10-22)20(2)9-11/h4,6-7,12,22H,3,5,8-10H2,1-2H3. The molecule has 0 aliphatic carbocycles. The lowest BCUT2D eigenvalue weighted by molar-refractivity contribution is 0.156. The van der Waals surface area contributed by atoms with Crippen LogP contribution in [0.5, 0.6) is 0 Å². The molecule has 1 atom stereocenters. The minimum Gasteiger partial charge on any atom is -0.395 e. The fourth-order valence-corrected chi connectivity index (χ4v) is 3.63. The maximum absolute atomic E-state index is 9.37. The van der Waals surface area contributed by atoms with Gasteiger partial charge >= 0.3 is 0 Å². The van der Waals surface area contributed by atoms with Gasteiger partial charge in [-0.25, -0.2) is 4.68 Å². The van der Waals surface area contributed by atoms with Crippen molar-refractivity contribution in [2.75, 3.05) is 20.2 Å². The van der Waals surface area contributed by atoms with Crippen molar-refractivity contribution < 1.29 is 5.11 Å². The summed E-state index contributed by atoms with van der Waals surface area (Å²) in [6, 6.07) is 4.46. The average molecular weight is 365 g/mol. The Morgan fingerprint density at radius 3 is 2.91 bits per heavy atom. The van der Waals surface area contributed by atoms with E-state index in [0.717, 1.165) is 41.4 Å². The Morgan fingerprint density at radius 1 is 1.41 bits per heavy atom. The molecule has 118 valence electrons. The van der Waals surface area contributed by atoms with Crippen LogP contribution < -0.4 is 0 Å². The molecule has 0 fully saturated rings. The summed E-state index contributed by atoms with van der Waals surface area (Å²) in [7, 11) is 2.05. The van der Waals surface area contributed by atoms with Gasteiger partial charge in [-0.3, -0.25) is 4.90 Å². The van der Waals surface area contributed by atoms with Crippen molar-refractivity contribution in [3.8, 4) is 0 Å². The molecule has 1 aromatic heterocycles. The lowest BCUT2D eigenvalue weighted by atomic mass is 9.97. The fraction of sp³-hybridized carbons (Fsp3) is 0.500. The molecule has 0 spiro atoms. The zero-order valence-corrected chi connectivity index (χ0v) is 14.5. The zero-order chi connectivity index (χ0) is 15.7. The van der Waals surface area contributed by atoms with Gasteiger partial charge in [-0.2, -0.15) is 0 Å². The summed E-state index contributed by atoms with van der Waals surface area (Å²) in [5, 5.41) is 17.9. The van der Waals surface area contributed by atoms with Crippen LogP contribution in [0.15, 0.2) is 22.7 Å². The highest BCUT2D eigenvalue weighted by Gasteiger charge is 2.22. The normalized spacial score (nSPS) is 19.6. The van der Waals surface area contributed by atoms with Crippen LogP contribution in [0.3, 0.4) is 0 Å². The smallest absolute Gasteiger partial charge is 0.127 e. The fourth-order valence-electron chi connectivity index (χ4n) is 2.96. The number of aliphatic hydroxyl groups is 1. The summed E-state index contributed by atoms with van der Waals surface area (Å²) in [4.78, 5) is 2.19. The quantitative estimate of drug-likeness (QED) is 0.905. The molecular weight excluding hydrogens is 344 g/mol. The number of likely N-dealkylation sites (N-methyl/N-ethyl adjacent to an activating group) is 1. The van der Waals surface area contributed by atoms with E-state index in [-0.39, 0.29) is 12.6 Å². The first kappa shape index (κ1) is 15.6. The maximum atomic E-state index is 9.37. The molecule has 1 N–H and O–H groups in total. The lowest BCUT2D eigenvalue weighted by Gasteiger charge is -2.31. The van der Waals surface area contributed by atoms with Gasteiger partial charge in [-0.15, -0.1) is 5.10 Å². The minimum absolute atomic E-state index is 0.200. The van der Waals surface area contributed by atoms with E-state index in [1.807, 2.05) is 4.68 Å². The predicted molar refractivity (Wildman–Crippen MR) is 91.6 cm³/mol. The van der Waals surface area contributed by atoms with Crippen LogP contribution in [0.25, 0.3) is 16.6 Å². The number of benzene rings is 1. The van der Waals surface area contributed by atoms with Crippen LogP contribution in [0.4, 0.5) is 0 Å². The third-order valence-corrected chi connectivity index (χ3v) is 5.10. The molecule has 0 saturated carbocycles. The van der Waals surface area contributed by atoms with Crippen molar-refractivity contribution in [3.63, 3.8) is 0 Å². The molecule has 22 heavy (non-hydrogen) atoms. The summed E-state index contributed by atoms with van der Waals surface area (Å²) < 4.78 is 2.96. The number of aryl methyl sites for hydroxylation is 1. The van der Waals surface area contributed by atoms with Gasteiger partial charge in [0, 0.05) is 19.1 Å². The molecular formula is C16H21BrN4O. The lowest BCUT2D eigenvalue weighted by Crippen LogP contribution is -2.38. The molecule has 0 amide bonds. The number of fused-ring (bicyclic) bond motifs is 1. The Labute approximate surface area is 138 Å². The number of aliphatic hydroxyl groups excluding tert-OH is 1. The number of nitrogens with zero attached hydrogens (tertiary/aromatic N) is 4. The molecule has 1 aliphatic heterocycles. The van der Waals surface area contributed by atoms with E-state index in [0.29, 0.717) is 0 Å². The van der Waals surface area contributed by atoms with E-state index in [9.17, 15) is 5.11 Å². The monoisotopic (exact) mass is 364 g/mol. The molecule has 3 rings (SSSR count). The van der Waals surface area contributed by atoms with Crippen LogP contribution in [0, 0.1) is 0 Å². The first-order valence-corrected chi connectivity index (χ1v) is 8.47. The second-order valence-corrected chi connectivity index (χ2v) is 6.62. The summed E-state index contributed by atoms with van der Waals surface area (Å²) in [5.41, 5.74) is 4.42. The van der Waals surface area contributed by atoms with Crippen molar-refractivity contribution in [2.24, 2.45) is 0 Å². The third-order valence-electron chi connectivity index (χ3n) is 4.30. The van der Waals surface area contributed by atoms with E-state index in [2.05, 4.69) is 63.3 Å². The number of aromatic nitrogens is 3. The highest BCUT2D eigenvalue weighted by Crippen LogP contribution is 2.33. The summed E-state index contributed by atoms with van der Waals surface area (Å²) in [5.74, 6) is 0. The molecule has 0 saturated heterocycles. The van der Waals surface area contributed by atoms with Crippen LogP contribution in [-0.4, -0.2) is 51.2 Å². The molecule has 5 nitrogen and oxygen atoms in total. The Bertz CT molecular complexity index is 709. The van der Waals surface area contributed by atoms with E-state index < -0.39 is 0 Å². The largest absolute Gasteiger partial charge is 0.395 e. The minimum atomic E-state index is 0.200. The average Bonchev–Trinajstić information content (AvgIpc) is 2.92. The van der Waals surface area contributed by atoms with E-state index in [1.54, 1.807) is 0 Å². The van der Waals surface area contributed by atoms with E-state index >= 15 is 0 Å². The number of halogens is 1. The molecule has 0 radical (unpaired) electrons. The van der Waals surface area contributed by atoms with Crippen molar-refractivity contribution in [1.82, 2.24) is 19.9 Å². The topological polar surface area (TPSA) is 54.2 Å². The Kier molecular flexibility index (Phi) is 4.61. The zero-order valence-electron chi connectivity index (χ0n) is 13.0. The second-order valence-electron chi connectivity index (χ2n) is 5.82. The van der Waals surface area contributed by atoms with Gasteiger partial charge in [-0.1, -0.05) is 24.3 Å². The Hall–Kier alpha value is -1.24. The summed E-state index contributed by atoms with van der Waals surface area (Å²) >= 11 is 3.71. The van der Waals surface area contributed by atoms with Gasteiger partial charge in [0.2, 0.25) is 0 Å². The van der Waals surface area contributed by atoms with E-state index in [4.69, 9.17) is 0 Å². The predicted octanol–water partition coefficient (Wildman–Crippen LogP) is 2.68. The summed E-state index contributed by atoms with van der Waals surface area (Å²) in [6.45, 7) is 4.05. The number of hydrogen-bond acceptors (Lipinski definition) is 4. The van der Waals surface area contributed by atoms with Crippen LogP contribution >= 0.6 is 15.9 Å². The second kappa shape index (κ2) is 6.48. The highest BCUT2D eigenvalue weighted by molar-refractivity contribution is 9.10. The maximum Gasteiger partial charge on any atom is 0.127 e. The molecule has 2 aromatic rings. The SMILES string of the molecule is CCCn1nnc2c(Br)c(C3=CCC(CO)N(C)C3)ccc21. The molecule has 2 heterocycles. The number of rotatable bonds is 4. The van der Waals surface area contributed by atoms with Crippen LogP contribution in [0.2, 0.25) is 0 Å². The Morgan fingerprint density at radius 2 is 2.23 bits per heavy atom. The Balaban J connectivity index is 1.99. The van der Waals surface area contributed by atoms with Crippen molar-refractivity contribution in [2.45, 2.75) is 32.4 Å². The van der Waals surface area contributed by atoms with Gasteiger partial charge in [-0.05, 0) is 53.0 Å². The van der Waals surface area contributed by atoms with E-state index in [1.165, 1.54) is 11.1 Å². The molecule has 1 aromatic carbocycles.